The van der Waals surface area contributed by atoms with Crippen LogP contribution in [0.3, 0.4) is 0 Å². The van der Waals surface area contributed by atoms with Gasteiger partial charge in [-0.05, 0) is 19.1 Å². The van der Waals surface area contributed by atoms with E-state index in [1.165, 1.54) is 4.88 Å². The fourth-order valence-corrected chi connectivity index (χ4v) is 4.48. The van der Waals surface area contributed by atoms with Crippen LogP contribution in [0.1, 0.15) is 10.4 Å². The molecule has 0 aliphatic carbocycles. The van der Waals surface area contributed by atoms with Crippen molar-refractivity contribution < 1.29 is 9.66 Å². The third-order valence-electron chi connectivity index (χ3n) is 4.93. The number of nitrogens with zero attached hydrogens (tertiary/aromatic N) is 5. The zero-order chi connectivity index (χ0) is 19.7. The zero-order valence-electron chi connectivity index (χ0n) is 15.8. The Balaban J connectivity index is 1.55. The smallest absolute Gasteiger partial charge is 0.269 e. The minimum atomic E-state index is -0.371. The summed E-state index contributed by atoms with van der Waals surface area (Å²) in [6, 6.07) is 7.14. The number of thiophene rings is 1. The van der Waals surface area contributed by atoms with Crippen molar-refractivity contribution in [3.05, 3.63) is 51.1 Å². The van der Waals surface area contributed by atoms with Gasteiger partial charge >= 0.3 is 0 Å². The lowest BCUT2D eigenvalue weighted by atomic mass is 10.1. The van der Waals surface area contributed by atoms with Gasteiger partial charge in [-0.1, -0.05) is 0 Å². The van der Waals surface area contributed by atoms with Crippen molar-refractivity contribution in [2.45, 2.75) is 13.5 Å². The molecule has 0 bridgehead atoms. The number of aromatic nitrogens is 2. The predicted octanol–water partition coefficient (Wildman–Crippen LogP) is 3.38. The van der Waals surface area contributed by atoms with Gasteiger partial charge in [-0.15, -0.1) is 11.3 Å². The number of methoxy groups -OCH3 is 1. The first-order valence-corrected chi connectivity index (χ1v) is 9.86. The summed E-state index contributed by atoms with van der Waals surface area (Å²) in [6.45, 7) is 5.69. The van der Waals surface area contributed by atoms with Crippen molar-refractivity contribution in [1.82, 2.24) is 9.97 Å². The van der Waals surface area contributed by atoms with Gasteiger partial charge in [0.15, 0.2) is 0 Å². The molecule has 4 rings (SSSR count). The van der Waals surface area contributed by atoms with Gasteiger partial charge in [-0.3, -0.25) is 10.1 Å². The Morgan fingerprint density at radius 2 is 1.93 bits per heavy atom. The summed E-state index contributed by atoms with van der Waals surface area (Å²) >= 11 is 1.68. The second-order valence-corrected chi connectivity index (χ2v) is 7.99. The van der Waals surface area contributed by atoms with Gasteiger partial charge in [0.25, 0.3) is 5.69 Å². The quantitative estimate of drug-likeness (QED) is 0.480. The minimum absolute atomic E-state index is 0.0886. The van der Waals surface area contributed by atoms with Gasteiger partial charge in [0.2, 0.25) is 0 Å². The topological polar surface area (TPSA) is 84.6 Å². The lowest BCUT2D eigenvalue weighted by Crippen LogP contribution is -2.47. The molecule has 1 fully saturated rings. The Bertz CT molecular complexity index is 1010. The van der Waals surface area contributed by atoms with Crippen molar-refractivity contribution >= 4 is 38.7 Å². The molecular formula is C19H21N5O3S. The van der Waals surface area contributed by atoms with Gasteiger partial charge in [0, 0.05) is 61.5 Å². The van der Waals surface area contributed by atoms with E-state index in [-0.39, 0.29) is 10.6 Å². The summed E-state index contributed by atoms with van der Waals surface area (Å²) in [4.78, 5) is 26.4. The molecule has 146 valence electrons. The van der Waals surface area contributed by atoms with E-state index in [9.17, 15) is 10.1 Å². The molecule has 0 radical (unpaired) electrons. The largest absolute Gasteiger partial charge is 0.380 e. The molecule has 2 aromatic heterocycles. The van der Waals surface area contributed by atoms with Crippen molar-refractivity contribution in [2.75, 3.05) is 43.1 Å². The molecule has 28 heavy (non-hydrogen) atoms. The lowest BCUT2D eigenvalue weighted by Gasteiger charge is -2.37. The number of aryl methyl sites for hydroxylation is 1. The average molecular weight is 399 g/mol. The molecule has 3 heterocycles. The number of anilines is 2. The molecule has 9 heteroatoms. The van der Waals surface area contributed by atoms with Crippen LogP contribution < -0.4 is 9.80 Å². The van der Waals surface area contributed by atoms with E-state index in [4.69, 9.17) is 4.74 Å². The molecule has 1 aromatic carbocycles. The molecule has 0 atom stereocenters. The fraction of sp³-hybridized carbons (Fsp3) is 0.368. The van der Waals surface area contributed by atoms with E-state index in [0.29, 0.717) is 6.61 Å². The van der Waals surface area contributed by atoms with Crippen LogP contribution in [0.25, 0.3) is 10.2 Å². The summed E-state index contributed by atoms with van der Waals surface area (Å²) in [5.41, 5.74) is 1.92. The number of hydrogen-bond acceptors (Lipinski definition) is 8. The summed E-state index contributed by atoms with van der Waals surface area (Å²) in [5, 5.41) is 12.2. The van der Waals surface area contributed by atoms with Crippen molar-refractivity contribution in [3.8, 4) is 0 Å². The van der Waals surface area contributed by atoms with Crippen LogP contribution in [-0.4, -0.2) is 48.2 Å². The van der Waals surface area contributed by atoms with E-state index in [1.54, 1.807) is 36.9 Å². The van der Waals surface area contributed by atoms with Gasteiger partial charge in [0.05, 0.1) is 16.9 Å². The van der Waals surface area contributed by atoms with Gasteiger partial charge < -0.3 is 14.5 Å². The van der Waals surface area contributed by atoms with E-state index < -0.39 is 0 Å². The maximum absolute atomic E-state index is 11.1. The number of non-ortho nitro benzene ring substituents is 1. The van der Waals surface area contributed by atoms with E-state index in [2.05, 4.69) is 32.8 Å². The number of piperazine rings is 1. The molecule has 3 aromatic rings. The van der Waals surface area contributed by atoms with Gasteiger partial charge in [0.1, 0.15) is 17.0 Å². The molecular weight excluding hydrogens is 378 g/mol. The van der Waals surface area contributed by atoms with Crippen LogP contribution in [0.2, 0.25) is 0 Å². The Kier molecular flexibility index (Phi) is 5.10. The minimum Gasteiger partial charge on any atom is -0.380 e. The second-order valence-electron chi connectivity index (χ2n) is 6.75. The summed E-state index contributed by atoms with van der Waals surface area (Å²) in [6.07, 6.45) is 1.63. The maximum atomic E-state index is 11.1. The Labute approximate surface area is 166 Å². The number of rotatable bonds is 5. The predicted molar refractivity (Wildman–Crippen MR) is 110 cm³/mol. The summed E-state index contributed by atoms with van der Waals surface area (Å²) in [7, 11) is 1.60. The van der Waals surface area contributed by atoms with Gasteiger partial charge in [-0.2, -0.15) is 0 Å². The van der Waals surface area contributed by atoms with E-state index in [0.717, 1.165) is 53.5 Å². The monoisotopic (exact) mass is 399 g/mol. The third-order valence-corrected chi connectivity index (χ3v) is 5.88. The first-order valence-electron chi connectivity index (χ1n) is 9.04. The SMILES string of the molecule is COCc1cc([N+](=O)[O-])ccc1N1CCN(c2ncnc3sc(C)cc23)CC1. The van der Waals surface area contributed by atoms with Crippen LogP contribution in [0.4, 0.5) is 17.2 Å². The Morgan fingerprint density at radius 1 is 1.18 bits per heavy atom. The molecule has 0 saturated carbocycles. The van der Waals surface area contributed by atoms with Crippen LogP contribution in [0.15, 0.2) is 30.6 Å². The first-order chi connectivity index (χ1) is 13.6. The molecule has 0 amide bonds. The number of nitro benzene ring substituents is 1. The maximum Gasteiger partial charge on any atom is 0.269 e. The standard InChI is InChI=1S/C19H21N5O3S/c1-13-9-16-18(20-12-21-19(16)28-13)23-7-5-22(6-8-23)17-4-3-15(24(25)26)10-14(17)11-27-2/h3-4,9-10,12H,5-8,11H2,1-2H3. The molecule has 8 nitrogen and oxygen atoms in total. The number of fused-ring (bicyclic) bond motifs is 1. The molecule has 0 spiro atoms. The average Bonchev–Trinajstić information content (AvgIpc) is 3.08. The number of benzene rings is 1. The third kappa shape index (κ3) is 3.50. The molecule has 0 unspecified atom stereocenters. The van der Waals surface area contributed by atoms with Gasteiger partial charge in [-0.25, -0.2) is 9.97 Å². The lowest BCUT2D eigenvalue weighted by molar-refractivity contribution is -0.384. The highest BCUT2D eigenvalue weighted by atomic mass is 32.1. The van der Waals surface area contributed by atoms with Crippen LogP contribution in [0.5, 0.6) is 0 Å². The summed E-state index contributed by atoms with van der Waals surface area (Å²) < 4.78 is 5.26. The van der Waals surface area contributed by atoms with Crippen molar-refractivity contribution in [3.63, 3.8) is 0 Å². The highest BCUT2D eigenvalue weighted by Crippen LogP contribution is 2.32. The van der Waals surface area contributed by atoms with Crippen LogP contribution in [0, 0.1) is 17.0 Å². The van der Waals surface area contributed by atoms with E-state index in [1.807, 2.05) is 6.07 Å². The van der Waals surface area contributed by atoms with Crippen molar-refractivity contribution in [1.29, 1.82) is 0 Å². The van der Waals surface area contributed by atoms with Crippen LogP contribution >= 0.6 is 11.3 Å². The molecule has 1 aliphatic heterocycles. The van der Waals surface area contributed by atoms with Crippen molar-refractivity contribution in [2.24, 2.45) is 0 Å². The summed E-state index contributed by atoms with van der Waals surface area (Å²) in [5.74, 6) is 0.981. The highest BCUT2D eigenvalue weighted by molar-refractivity contribution is 7.18. The van der Waals surface area contributed by atoms with Crippen LogP contribution in [-0.2, 0) is 11.3 Å². The molecule has 1 aliphatic rings. The number of hydrogen-bond donors (Lipinski definition) is 0. The molecule has 0 N–H and O–H groups in total. The van der Waals surface area contributed by atoms with E-state index >= 15 is 0 Å². The zero-order valence-corrected chi connectivity index (χ0v) is 16.6. The number of ether oxygens (including phenoxy) is 1. The Hall–Kier alpha value is -2.78. The first kappa shape index (κ1) is 18.6. The highest BCUT2D eigenvalue weighted by Gasteiger charge is 2.23. The second kappa shape index (κ2) is 7.69. The Morgan fingerprint density at radius 3 is 2.64 bits per heavy atom. The fourth-order valence-electron chi connectivity index (χ4n) is 3.64. The normalized spacial score (nSPS) is 14.6. The number of nitro groups is 1. The molecule has 1 saturated heterocycles.